The summed E-state index contributed by atoms with van der Waals surface area (Å²) in [6.07, 6.45) is -4.80. The quantitative estimate of drug-likeness (QED) is 0.596. The smallest absolute Gasteiger partial charge is 0.328 e. The summed E-state index contributed by atoms with van der Waals surface area (Å²) >= 11 is 0. The van der Waals surface area contributed by atoms with E-state index < -0.39 is 42.3 Å². The van der Waals surface area contributed by atoms with E-state index in [2.05, 4.69) is 10.3 Å². The van der Waals surface area contributed by atoms with Crippen LogP contribution >= 0.6 is 0 Å². The lowest BCUT2D eigenvalue weighted by Crippen LogP contribution is -2.45. The van der Waals surface area contributed by atoms with E-state index in [1.54, 1.807) is 30.3 Å². The summed E-state index contributed by atoms with van der Waals surface area (Å²) in [4.78, 5) is 28.3. The van der Waals surface area contributed by atoms with E-state index in [0.717, 1.165) is 0 Å². The van der Waals surface area contributed by atoms with Gasteiger partial charge in [0.05, 0.1) is 7.11 Å². The van der Waals surface area contributed by atoms with Gasteiger partial charge in [-0.3, -0.25) is 4.79 Å². The Labute approximate surface area is 171 Å². The second kappa shape index (κ2) is 10.4. The van der Waals surface area contributed by atoms with Crippen molar-refractivity contribution < 1.29 is 37.7 Å². The Morgan fingerprint density at radius 3 is 2.40 bits per heavy atom. The highest BCUT2D eigenvalue weighted by Gasteiger charge is 2.34. The number of pyridine rings is 1. The third-order valence-corrected chi connectivity index (χ3v) is 4.05. The summed E-state index contributed by atoms with van der Waals surface area (Å²) in [7, 11) is 1.29. The molecule has 30 heavy (non-hydrogen) atoms. The van der Waals surface area contributed by atoms with Crippen molar-refractivity contribution in [3.8, 4) is 17.2 Å². The summed E-state index contributed by atoms with van der Waals surface area (Å²) in [6.45, 7) is 2.60. The number of methoxy groups -OCH3 is 1. The van der Waals surface area contributed by atoms with E-state index in [1.807, 2.05) is 0 Å². The largest absolute Gasteiger partial charge is 0.503 e. The summed E-state index contributed by atoms with van der Waals surface area (Å²) < 4.78 is 42.1. The molecule has 1 amide bonds. The second-order valence-electron chi connectivity index (χ2n) is 6.28. The number of carbonyl (C=O) groups is 2. The van der Waals surface area contributed by atoms with Crippen LogP contribution in [0.4, 0.5) is 8.78 Å². The van der Waals surface area contributed by atoms with Gasteiger partial charge in [-0.1, -0.05) is 18.2 Å². The molecule has 0 aliphatic rings. The topological polar surface area (TPSA) is 107 Å². The van der Waals surface area contributed by atoms with Crippen molar-refractivity contribution in [1.29, 1.82) is 0 Å². The number of rotatable bonds is 9. The van der Waals surface area contributed by atoms with Crippen LogP contribution in [0.1, 0.15) is 24.3 Å². The fourth-order valence-electron chi connectivity index (χ4n) is 2.46. The molecule has 8 nitrogen and oxygen atoms in total. The van der Waals surface area contributed by atoms with Crippen LogP contribution in [0.25, 0.3) is 0 Å². The van der Waals surface area contributed by atoms with E-state index in [-0.39, 0.29) is 11.4 Å². The lowest BCUT2D eigenvalue weighted by atomic mass is 10.2. The molecule has 1 aromatic carbocycles. The fourth-order valence-corrected chi connectivity index (χ4v) is 2.46. The molecule has 0 bridgehead atoms. The number of esters is 1. The highest BCUT2D eigenvalue weighted by Crippen LogP contribution is 2.27. The van der Waals surface area contributed by atoms with Crippen molar-refractivity contribution in [2.45, 2.75) is 38.5 Å². The first-order valence-corrected chi connectivity index (χ1v) is 8.97. The maximum atomic E-state index is 13.4. The van der Waals surface area contributed by atoms with Gasteiger partial charge < -0.3 is 24.6 Å². The minimum atomic E-state index is -3.01. The Hall–Kier alpha value is -3.43. The van der Waals surface area contributed by atoms with Crippen molar-refractivity contribution in [2.75, 3.05) is 7.11 Å². The number of carbonyl (C=O) groups excluding carboxylic acids is 2. The highest BCUT2D eigenvalue weighted by atomic mass is 19.3. The molecule has 0 unspecified atom stereocenters. The number of nitrogens with zero attached hydrogens (tertiary/aromatic N) is 1. The van der Waals surface area contributed by atoms with E-state index in [4.69, 9.17) is 14.2 Å². The molecule has 2 N–H and O–H groups in total. The number of benzene rings is 1. The molecule has 162 valence electrons. The third kappa shape index (κ3) is 5.79. The highest BCUT2D eigenvalue weighted by molar-refractivity contribution is 5.97. The molecule has 2 rings (SSSR count). The van der Waals surface area contributed by atoms with Crippen LogP contribution in [0.15, 0.2) is 42.6 Å². The molecule has 3 atom stereocenters. The standard InChI is InChI=1S/C20H22F2N2O6/c1-11(24-19(26)15-16(25)14(28-3)9-10-23-15)20(27)30-17(18(21)22)12(2)29-13-7-5-4-6-8-13/h4-12,17-18,25H,1-3H3,(H,24,26)/t11-,12-,17-/m0/s1. The van der Waals surface area contributed by atoms with E-state index in [0.29, 0.717) is 5.75 Å². The number of hydrogen-bond donors (Lipinski definition) is 2. The number of ether oxygens (including phenoxy) is 3. The Bertz CT molecular complexity index is 866. The van der Waals surface area contributed by atoms with Gasteiger partial charge in [-0.25, -0.2) is 18.6 Å². The lowest BCUT2D eigenvalue weighted by Gasteiger charge is -2.25. The van der Waals surface area contributed by atoms with Gasteiger partial charge in [-0.05, 0) is 26.0 Å². The Morgan fingerprint density at radius 2 is 1.80 bits per heavy atom. The van der Waals surface area contributed by atoms with Gasteiger partial charge in [0, 0.05) is 12.3 Å². The molecule has 2 aromatic rings. The third-order valence-electron chi connectivity index (χ3n) is 4.05. The minimum Gasteiger partial charge on any atom is -0.503 e. The first kappa shape index (κ1) is 22.9. The molecule has 0 radical (unpaired) electrons. The van der Waals surface area contributed by atoms with Crippen molar-refractivity contribution in [3.05, 3.63) is 48.3 Å². The zero-order chi connectivity index (χ0) is 22.3. The molecule has 0 spiro atoms. The van der Waals surface area contributed by atoms with Gasteiger partial charge in [0.2, 0.25) is 0 Å². The molecule has 1 aromatic heterocycles. The van der Waals surface area contributed by atoms with Crippen LogP contribution in [0.2, 0.25) is 0 Å². The first-order chi connectivity index (χ1) is 14.2. The van der Waals surface area contributed by atoms with Crippen molar-refractivity contribution in [3.63, 3.8) is 0 Å². The minimum absolute atomic E-state index is 0.00929. The van der Waals surface area contributed by atoms with Crippen LogP contribution in [-0.4, -0.2) is 53.8 Å². The molecule has 0 aliphatic heterocycles. The van der Waals surface area contributed by atoms with Gasteiger partial charge >= 0.3 is 5.97 Å². The molecule has 0 aliphatic carbocycles. The van der Waals surface area contributed by atoms with Crippen molar-refractivity contribution >= 4 is 11.9 Å². The molecule has 0 saturated carbocycles. The number of alkyl halides is 2. The van der Waals surface area contributed by atoms with Gasteiger partial charge in [0.25, 0.3) is 12.3 Å². The van der Waals surface area contributed by atoms with Crippen LogP contribution in [0.3, 0.4) is 0 Å². The van der Waals surface area contributed by atoms with Crippen LogP contribution in [-0.2, 0) is 9.53 Å². The number of hydrogen-bond acceptors (Lipinski definition) is 7. The monoisotopic (exact) mass is 424 g/mol. The number of halogens is 2. The van der Waals surface area contributed by atoms with Gasteiger partial charge in [-0.15, -0.1) is 0 Å². The normalized spacial score (nSPS) is 13.8. The number of amides is 1. The van der Waals surface area contributed by atoms with Crippen LogP contribution < -0.4 is 14.8 Å². The maximum Gasteiger partial charge on any atom is 0.328 e. The number of nitrogens with one attached hydrogen (secondary N) is 1. The second-order valence-corrected chi connectivity index (χ2v) is 6.28. The predicted octanol–water partition coefficient (Wildman–Crippen LogP) is 2.56. The number of aromatic hydroxyl groups is 1. The zero-order valence-corrected chi connectivity index (χ0v) is 16.5. The maximum absolute atomic E-state index is 13.4. The Kier molecular flexibility index (Phi) is 7.90. The Morgan fingerprint density at radius 1 is 1.13 bits per heavy atom. The fraction of sp³-hybridized carbons (Fsp3) is 0.350. The van der Waals surface area contributed by atoms with E-state index >= 15 is 0 Å². The Balaban J connectivity index is 2.02. The van der Waals surface area contributed by atoms with Gasteiger partial charge in [0.1, 0.15) is 17.9 Å². The SMILES string of the molecule is COc1ccnc(C(=O)N[C@@H](C)C(=O)O[C@H](C(F)F)[C@H](C)Oc2ccccc2)c1O. The zero-order valence-electron chi connectivity index (χ0n) is 16.5. The van der Waals surface area contributed by atoms with E-state index in [9.17, 15) is 23.5 Å². The average molecular weight is 424 g/mol. The number of para-hydroxylation sites is 1. The van der Waals surface area contributed by atoms with Gasteiger partial charge in [-0.2, -0.15) is 0 Å². The first-order valence-electron chi connectivity index (χ1n) is 8.97. The summed E-state index contributed by atoms with van der Waals surface area (Å²) in [6, 6.07) is 8.28. The molecule has 0 fully saturated rings. The average Bonchev–Trinajstić information content (AvgIpc) is 2.72. The van der Waals surface area contributed by atoms with Crippen LogP contribution in [0.5, 0.6) is 17.2 Å². The van der Waals surface area contributed by atoms with E-state index in [1.165, 1.54) is 33.2 Å². The summed E-state index contributed by atoms with van der Waals surface area (Å²) in [5, 5.41) is 12.2. The molecular formula is C20H22F2N2O6. The summed E-state index contributed by atoms with van der Waals surface area (Å²) in [5.74, 6) is -2.17. The molecule has 1 heterocycles. The van der Waals surface area contributed by atoms with Crippen molar-refractivity contribution in [1.82, 2.24) is 10.3 Å². The predicted molar refractivity (Wildman–Crippen MR) is 102 cm³/mol. The molecule has 10 heteroatoms. The number of aromatic nitrogens is 1. The van der Waals surface area contributed by atoms with Crippen molar-refractivity contribution in [2.24, 2.45) is 0 Å². The van der Waals surface area contributed by atoms with Gasteiger partial charge in [0.15, 0.2) is 23.3 Å². The molecular weight excluding hydrogens is 402 g/mol. The lowest BCUT2D eigenvalue weighted by molar-refractivity contribution is -0.167. The summed E-state index contributed by atoms with van der Waals surface area (Å²) in [5.41, 5.74) is -0.389. The van der Waals surface area contributed by atoms with Crippen LogP contribution in [0, 0.1) is 0 Å². The molecule has 0 saturated heterocycles.